The highest BCUT2D eigenvalue weighted by molar-refractivity contribution is 5.94. The molecule has 1 fully saturated rings. The lowest BCUT2D eigenvalue weighted by atomic mass is 10.1. The van der Waals surface area contributed by atoms with E-state index in [1.807, 2.05) is 31.2 Å². The normalized spacial score (nSPS) is 17.4. The van der Waals surface area contributed by atoms with E-state index in [1.54, 1.807) is 0 Å². The molecule has 1 aromatic carbocycles. The van der Waals surface area contributed by atoms with Crippen molar-refractivity contribution in [3.05, 3.63) is 35.4 Å². The molecule has 21 heavy (non-hydrogen) atoms. The molecule has 2 N–H and O–H groups in total. The van der Waals surface area contributed by atoms with Crippen LogP contribution in [0, 0.1) is 0 Å². The van der Waals surface area contributed by atoms with Crippen molar-refractivity contribution < 1.29 is 14.6 Å². The van der Waals surface area contributed by atoms with Crippen molar-refractivity contribution in [2.75, 3.05) is 32.9 Å². The van der Waals surface area contributed by atoms with Gasteiger partial charge in [-0.15, -0.1) is 0 Å². The van der Waals surface area contributed by atoms with Crippen LogP contribution in [0.3, 0.4) is 0 Å². The highest BCUT2D eigenvalue weighted by atomic mass is 16.5. The third-order valence-corrected chi connectivity index (χ3v) is 3.64. The van der Waals surface area contributed by atoms with Gasteiger partial charge < -0.3 is 15.2 Å². The van der Waals surface area contributed by atoms with Crippen LogP contribution in [0.5, 0.6) is 0 Å². The minimum absolute atomic E-state index is 0.0228. The van der Waals surface area contributed by atoms with Crippen LogP contribution in [0.1, 0.15) is 29.3 Å². The second-order valence-electron chi connectivity index (χ2n) is 5.48. The predicted molar refractivity (Wildman–Crippen MR) is 81.2 cm³/mol. The van der Waals surface area contributed by atoms with Crippen LogP contribution in [0.25, 0.3) is 0 Å². The van der Waals surface area contributed by atoms with Gasteiger partial charge in [-0.05, 0) is 31.0 Å². The highest BCUT2D eigenvalue weighted by Gasteiger charge is 2.13. The number of amides is 1. The molecule has 0 spiro atoms. The van der Waals surface area contributed by atoms with Gasteiger partial charge >= 0.3 is 0 Å². The van der Waals surface area contributed by atoms with E-state index >= 15 is 0 Å². The Labute approximate surface area is 125 Å². The molecule has 1 atom stereocenters. The molecule has 5 heteroatoms. The van der Waals surface area contributed by atoms with Crippen molar-refractivity contribution in [1.29, 1.82) is 0 Å². The van der Waals surface area contributed by atoms with Gasteiger partial charge in [-0.2, -0.15) is 0 Å². The molecule has 1 saturated heterocycles. The number of carbonyl (C=O) groups excluding carboxylic acids is 1. The van der Waals surface area contributed by atoms with E-state index < -0.39 is 0 Å². The monoisotopic (exact) mass is 292 g/mol. The molecule has 116 valence electrons. The summed E-state index contributed by atoms with van der Waals surface area (Å²) < 4.78 is 5.34. The Morgan fingerprint density at radius 2 is 2.19 bits per heavy atom. The Morgan fingerprint density at radius 1 is 1.43 bits per heavy atom. The van der Waals surface area contributed by atoms with Crippen LogP contribution < -0.4 is 5.32 Å². The molecule has 0 bridgehead atoms. The lowest BCUT2D eigenvalue weighted by Gasteiger charge is -2.26. The fraction of sp³-hybridized carbons (Fsp3) is 0.562. The largest absolute Gasteiger partial charge is 0.396 e. The van der Waals surface area contributed by atoms with Crippen LogP contribution >= 0.6 is 0 Å². The van der Waals surface area contributed by atoms with Crippen molar-refractivity contribution in [2.45, 2.75) is 25.9 Å². The van der Waals surface area contributed by atoms with E-state index in [1.165, 1.54) is 0 Å². The SMILES string of the molecule is C[C@H](CCO)NC(=O)c1cccc(CN2CCOCC2)c1. The molecule has 1 aliphatic heterocycles. The first-order valence-electron chi connectivity index (χ1n) is 7.50. The molecule has 5 nitrogen and oxygen atoms in total. The second-order valence-corrected chi connectivity index (χ2v) is 5.48. The first-order chi connectivity index (χ1) is 10.2. The zero-order valence-corrected chi connectivity index (χ0v) is 12.5. The Balaban J connectivity index is 1.94. The molecule has 2 rings (SSSR count). The number of rotatable bonds is 6. The summed E-state index contributed by atoms with van der Waals surface area (Å²) in [5.74, 6) is -0.0835. The number of hydrogen-bond donors (Lipinski definition) is 2. The van der Waals surface area contributed by atoms with E-state index in [-0.39, 0.29) is 18.6 Å². The Bertz CT molecular complexity index is 459. The molecule has 1 amide bonds. The summed E-state index contributed by atoms with van der Waals surface area (Å²) in [4.78, 5) is 14.5. The van der Waals surface area contributed by atoms with Gasteiger partial charge in [-0.25, -0.2) is 0 Å². The van der Waals surface area contributed by atoms with Gasteiger partial charge in [-0.3, -0.25) is 9.69 Å². The van der Waals surface area contributed by atoms with E-state index in [4.69, 9.17) is 9.84 Å². The second kappa shape index (κ2) is 8.12. The summed E-state index contributed by atoms with van der Waals surface area (Å²) in [5.41, 5.74) is 1.81. The standard InChI is InChI=1S/C16H24N2O3/c1-13(5-8-19)17-16(20)15-4-2-3-14(11-15)12-18-6-9-21-10-7-18/h2-4,11,13,19H,5-10,12H2,1H3,(H,17,20)/t13-/m1/s1. The Hall–Kier alpha value is -1.43. The van der Waals surface area contributed by atoms with Crippen LogP contribution in [0.2, 0.25) is 0 Å². The van der Waals surface area contributed by atoms with Crippen molar-refractivity contribution in [1.82, 2.24) is 10.2 Å². The van der Waals surface area contributed by atoms with Gasteiger partial charge in [0.25, 0.3) is 5.91 Å². The minimum atomic E-state index is -0.0835. The van der Waals surface area contributed by atoms with E-state index in [0.29, 0.717) is 12.0 Å². The van der Waals surface area contributed by atoms with E-state index in [0.717, 1.165) is 38.4 Å². The summed E-state index contributed by atoms with van der Waals surface area (Å²) in [5, 5.41) is 11.8. The first kappa shape index (κ1) is 15.9. The number of morpholine rings is 1. The van der Waals surface area contributed by atoms with Crippen molar-refractivity contribution >= 4 is 5.91 Å². The Morgan fingerprint density at radius 3 is 2.90 bits per heavy atom. The van der Waals surface area contributed by atoms with Gasteiger partial charge in [0, 0.05) is 37.8 Å². The fourth-order valence-corrected chi connectivity index (χ4v) is 2.40. The molecule has 0 aliphatic carbocycles. The van der Waals surface area contributed by atoms with Crippen LogP contribution in [0.4, 0.5) is 0 Å². The number of carbonyl (C=O) groups is 1. The molecule has 1 aliphatic rings. The van der Waals surface area contributed by atoms with Gasteiger partial charge in [0.1, 0.15) is 0 Å². The lowest BCUT2D eigenvalue weighted by Crippen LogP contribution is -2.36. The molecule has 0 aromatic heterocycles. The summed E-state index contributed by atoms with van der Waals surface area (Å²) in [6.45, 7) is 6.24. The summed E-state index contributed by atoms with van der Waals surface area (Å²) in [6, 6.07) is 7.70. The molecular formula is C16H24N2O3. The number of nitrogens with zero attached hydrogens (tertiary/aromatic N) is 1. The molecule has 1 aromatic rings. The number of benzene rings is 1. The summed E-state index contributed by atoms with van der Waals surface area (Å²) in [6.07, 6.45) is 0.569. The van der Waals surface area contributed by atoms with E-state index in [2.05, 4.69) is 10.2 Å². The van der Waals surface area contributed by atoms with Crippen molar-refractivity contribution in [3.63, 3.8) is 0 Å². The quantitative estimate of drug-likeness (QED) is 0.822. The summed E-state index contributed by atoms with van der Waals surface area (Å²) in [7, 11) is 0. The van der Waals surface area contributed by atoms with Crippen molar-refractivity contribution in [2.24, 2.45) is 0 Å². The predicted octanol–water partition coefficient (Wildman–Crippen LogP) is 1.02. The van der Waals surface area contributed by atoms with E-state index in [9.17, 15) is 4.79 Å². The maximum atomic E-state index is 12.1. The van der Waals surface area contributed by atoms with Gasteiger partial charge in [-0.1, -0.05) is 12.1 Å². The number of aliphatic hydroxyl groups excluding tert-OH is 1. The average Bonchev–Trinajstić information content (AvgIpc) is 2.49. The topological polar surface area (TPSA) is 61.8 Å². The minimum Gasteiger partial charge on any atom is -0.396 e. The number of nitrogens with one attached hydrogen (secondary N) is 1. The fourth-order valence-electron chi connectivity index (χ4n) is 2.40. The lowest BCUT2D eigenvalue weighted by molar-refractivity contribution is 0.0342. The van der Waals surface area contributed by atoms with Gasteiger partial charge in [0.05, 0.1) is 13.2 Å². The zero-order chi connectivity index (χ0) is 15.1. The smallest absolute Gasteiger partial charge is 0.251 e. The molecule has 0 radical (unpaired) electrons. The molecular weight excluding hydrogens is 268 g/mol. The van der Waals surface area contributed by atoms with Crippen LogP contribution in [-0.4, -0.2) is 54.9 Å². The van der Waals surface area contributed by atoms with Crippen LogP contribution in [0.15, 0.2) is 24.3 Å². The number of ether oxygens (including phenoxy) is 1. The third-order valence-electron chi connectivity index (χ3n) is 3.64. The van der Waals surface area contributed by atoms with Crippen LogP contribution in [-0.2, 0) is 11.3 Å². The van der Waals surface area contributed by atoms with Crippen molar-refractivity contribution in [3.8, 4) is 0 Å². The van der Waals surface area contributed by atoms with Gasteiger partial charge in [0.15, 0.2) is 0 Å². The van der Waals surface area contributed by atoms with Gasteiger partial charge in [0.2, 0.25) is 0 Å². The average molecular weight is 292 g/mol. The molecule has 1 heterocycles. The molecule has 0 saturated carbocycles. The maximum Gasteiger partial charge on any atom is 0.251 e. The summed E-state index contributed by atoms with van der Waals surface area (Å²) >= 11 is 0. The number of aliphatic hydroxyl groups is 1. The highest BCUT2D eigenvalue weighted by Crippen LogP contribution is 2.10. The maximum absolute atomic E-state index is 12.1. The zero-order valence-electron chi connectivity index (χ0n) is 12.5. The third kappa shape index (κ3) is 5.12. The number of hydrogen-bond acceptors (Lipinski definition) is 4. The first-order valence-corrected chi connectivity index (χ1v) is 7.50. The molecule has 0 unspecified atom stereocenters. The Kier molecular flexibility index (Phi) is 6.17.